The molecule has 0 aromatic carbocycles. The molecule has 0 spiro atoms. The Labute approximate surface area is 173 Å². The van der Waals surface area contributed by atoms with Gasteiger partial charge in [-0.2, -0.15) is 0 Å². The smallest absolute Gasteiger partial charge is 0.748 e. The van der Waals surface area contributed by atoms with Gasteiger partial charge in [0.2, 0.25) is 0 Å². The molecule has 0 aromatic heterocycles. The molecule has 0 aromatic rings. The fourth-order valence-electron chi connectivity index (χ4n) is 2.70. The van der Waals surface area contributed by atoms with Gasteiger partial charge >= 0.3 is 29.6 Å². The number of rotatable bonds is 17. The van der Waals surface area contributed by atoms with Crippen LogP contribution in [0.1, 0.15) is 103 Å². The number of hydrogen-bond acceptors (Lipinski definition) is 3. The summed E-state index contributed by atoms with van der Waals surface area (Å²) >= 11 is 0. The van der Waals surface area contributed by atoms with Gasteiger partial charge in [0.25, 0.3) is 0 Å². The maximum Gasteiger partial charge on any atom is 1.00 e. The summed E-state index contributed by atoms with van der Waals surface area (Å²) in [6.45, 7) is 2.25. The minimum atomic E-state index is -4.00. The Balaban J connectivity index is 0. The van der Waals surface area contributed by atoms with Gasteiger partial charge in [0.05, 0.1) is 10.1 Å². The van der Waals surface area contributed by atoms with Gasteiger partial charge in [-0.1, -0.05) is 83.3 Å². The normalized spacial score (nSPS) is 11.8. The van der Waals surface area contributed by atoms with E-state index >= 15 is 0 Å². The van der Waals surface area contributed by atoms with Crippen LogP contribution in [0.2, 0.25) is 0 Å². The maximum atomic E-state index is 10.4. The molecule has 0 bridgehead atoms. The van der Waals surface area contributed by atoms with Crippen LogP contribution in [0.15, 0.2) is 12.2 Å². The van der Waals surface area contributed by atoms with Gasteiger partial charge in [-0.25, -0.2) is 8.42 Å². The van der Waals surface area contributed by atoms with E-state index in [0.717, 1.165) is 19.3 Å². The quantitative estimate of drug-likeness (QED) is 0.172. The topological polar surface area (TPSA) is 57.2 Å². The van der Waals surface area contributed by atoms with Gasteiger partial charge in [0.15, 0.2) is 0 Å². The first-order chi connectivity index (χ1) is 11.1. The van der Waals surface area contributed by atoms with Crippen molar-refractivity contribution in [2.45, 2.75) is 103 Å². The summed E-state index contributed by atoms with van der Waals surface area (Å²) in [5, 5.41) is 0. The van der Waals surface area contributed by atoms with E-state index in [9.17, 15) is 13.0 Å². The van der Waals surface area contributed by atoms with Crippen LogP contribution in [0.25, 0.3) is 0 Å². The fourth-order valence-corrected chi connectivity index (χ4v) is 3.26. The first kappa shape index (κ1) is 26.9. The zero-order chi connectivity index (χ0) is 17.2. The van der Waals surface area contributed by atoms with E-state index in [1.165, 1.54) is 70.6 Å². The minimum Gasteiger partial charge on any atom is -0.748 e. The summed E-state index contributed by atoms with van der Waals surface area (Å²) in [5.41, 5.74) is 0. The summed E-state index contributed by atoms with van der Waals surface area (Å²) in [4.78, 5) is 0. The number of hydrogen-bond donors (Lipinski definition) is 0. The molecule has 0 unspecified atom stereocenters. The van der Waals surface area contributed by atoms with Gasteiger partial charge in [0, 0.05) is 5.75 Å². The van der Waals surface area contributed by atoms with Crippen LogP contribution in [0.3, 0.4) is 0 Å². The summed E-state index contributed by atoms with van der Waals surface area (Å²) in [5.74, 6) is -0.198. The van der Waals surface area contributed by atoms with Crippen molar-refractivity contribution in [3.05, 3.63) is 12.2 Å². The van der Waals surface area contributed by atoms with Crippen molar-refractivity contribution in [2.24, 2.45) is 0 Å². The molecular weight excluding hydrogens is 331 g/mol. The minimum absolute atomic E-state index is 0. The van der Waals surface area contributed by atoms with Crippen molar-refractivity contribution in [3.8, 4) is 0 Å². The molecule has 5 heteroatoms. The molecule has 3 nitrogen and oxygen atoms in total. The molecule has 0 rings (SSSR count). The molecule has 0 fully saturated rings. The van der Waals surface area contributed by atoms with Crippen molar-refractivity contribution in [2.75, 3.05) is 5.75 Å². The molecule has 0 radical (unpaired) electrons. The summed E-state index contributed by atoms with van der Waals surface area (Å²) in [7, 11) is -4.00. The number of unbranched alkanes of at least 4 members (excludes halogenated alkanes) is 13. The van der Waals surface area contributed by atoms with E-state index in [1.54, 1.807) is 0 Å². The molecule has 0 saturated heterocycles. The first-order valence-electron chi connectivity index (χ1n) is 9.65. The third-order valence-electron chi connectivity index (χ3n) is 4.16. The third-order valence-corrected chi connectivity index (χ3v) is 4.94. The molecule has 0 aliphatic rings. The van der Waals surface area contributed by atoms with E-state index in [0.29, 0.717) is 6.42 Å². The average Bonchev–Trinajstić information content (AvgIpc) is 2.49. The van der Waals surface area contributed by atoms with Crippen LogP contribution in [-0.4, -0.2) is 18.7 Å². The van der Waals surface area contributed by atoms with E-state index in [4.69, 9.17) is 0 Å². The van der Waals surface area contributed by atoms with E-state index in [1.807, 2.05) is 0 Å². The van der Waals surface area contributed by atoms with Crippen LogP contribution in [0.4, 0.5) is 0 Å². The van der Waals surface area contributed by atoms with Crippen molar-refractivity contribution >= 4 is 10.1 Å². The van der Waals surface area contributed by atoms with Crippen LogP contribution in [0, 0.1) is 0 Å². The predicted molar refractivity (Wildman–Crippen MR) is 98.6 cm³/mol. The second-order valence-corrected chi connectivity index (χ2v) is 8.08. The van der Waals surface area contributed by atoms with Gasteiger partial charge < -0.3 is 4.55 Å². The molecule has 0 N–H and O–H groups in total. The monoisotopic (exact) mass is 368 g/mol. The molecule has 0 heterocycles. The maximum absolute atomic E-state index is 10.4. The van der Waals surface area contributed by atoms with Gasteiger partial charge in [0.1, 0.15) is 0 Å². The van der Waals surface area contributed by atoms with Crippen molar-refractivity contribution in [3.63, 3.8) is 0 Å². The fraction of sp³-hybridized carbons (Fsp3) is 0.895. The van der Waals surface area contributed by atoms with Gasteiger partial charge in [-0.3, -0.25) is 0 Å². The van der Waals surface area contributed by atoms with Crippen molar-refractivity contribution in [1.82, 2.24) is 0 Å². The summed E-state index contributed by atoms with van der Waals surface area (Å²) < 4.78 is 31.3. The van der Waals surface area contributed by atoms with Crippen LogP contribution >= 0.6 is 0 Å². The van der Waals surface area contributed by atoms with Gasteiger partial charge in [-0.05, 0) is 32.1 Å². The molecule has 138 valence electrons. The molecule has 0 aliphatic carbocycles. The Morgan fingerprint density at radius 2 is 1.04 bits per heavy atom. The molecular formula is C19H37NaO3S. The second kappa shape index (κ2) is 20.0. The first-order valence-corrected chi connectivity index (χ1v) is 11.2. The zero-order valence-electron chi connectivity index (χ0n) is 16.1. The molecule has 0 aliphatic heterocycles. The SMILES string of the molecule is CCCCCCCC/C=C\CCCCCCCCCS(=O)(=O)[O-].[Na+]. The Bertz CT molecular complexity index is 367. The molecule has 0 saturated carbocycles. The van der Waals surface area contributed by atoms with Gasteiger partial charge in [-0.15, -0.1) is 0 Å². The molecule has 0 amide bonds. The number of allylic oxidation sites excluding steroid dienone is 2. The van der Waals surface area contributed by atoms with E-state index in [2.05, 4.69) is 19.1 Å². The largest absolute Gasteiger partial charge is 1.00 e. The third kappa shape index (κ3) is 24.9. The Morgan fingerprint density at radius 1 is 0.667 bits per heavy atom. The zero-order valence-corrected chi connectivity index (χ0v) is 18.9. The van der Waals surface area contributed by atoms with Crippen LogP contribution in [-0.2, 0) is 10.1 Å². The van der Waals surface area contributed by atoms with Crippen LogP contribution in [0.5, 0.6) is 0 Å². The average molecular weight is 369 g/mol. The standard InChI is InChI=1S/C19H38O3S.Na/c1-2-3-4-5-6-7-8-9-10-11-12-13-14-15-16-17-18-19-23(20,21)22;/h9-10H,2-8,11-19H2,1H3,(H,20,21,22);/q;+1/p-1/b10-9-;. The summed E-state index contributed by atoms with van der Waals surface area (Å²) in [6.07, 6.45) is 22.6. The predicted octanol–water partition coefficient (Wildman–Crippen LogP) is 2.96. The van der Waals surface area contributed by atoms with Crippen LogP contribution < -0.4 is 29.6 Å². The summed E-state index contributed by atoms with van der Waals surface area (Å²) in [6, 6.07) is 0. The Hall–Kier alpha value is 0.650. The van der Waals surface area contributed by atoms with Crippen molar-refractivity contribution in [1.29, 1.82) is 0 Å². The Kier molecular flexibility index (Phi) is 22.4. The van der Waals surface area contributed by atoms with Crippen molar-refractivity contribution < 1.29 is 42.5 Å². The van der Waals surface area contributed by atoms with E-state index in [-0.39, 0.29) is 35.3 Å². The molecule has 0 atom stereocenters. The second-order valence-electron chi connectivity index (χ2n) is 6.55. The van der Waals surface area contributed by atoms with E-state index < -0.39 is 10.1 Å². The Morgan fingerprint density at radius 3 is 1.46 bits per heavy atom. The molecule has 24 heavy (non-hydrogen) atoms.